The fraction of sp³-hybridized carbons (Fsp3) is 0.600. The summed E-state index contributed by atoms with van der Waals surface area (Å²) in [4.78, 5) is 0. The summed E-state index contributed by atoms with van der Waals surface area (Å²) in [6, 6.07) is 6.10. The van der Waals surface area contributed by atoms with Gasteiger partial charge in [0.05, 0.1) is 0 Å². The van der Waals surface area contributed by atoms with Crippen LogP contribution in [0.15, 0.2) is 29.8 Å². The van der Waals surface area contributed by atoms with E-state index in [4.69, 9.17) is 0 Å². The van der Waals surface area contributed by atoms with Gasteiger partial charge in [0.15, 0.2) is 0 Å². The topological polar surface area (TPSA) is 20.2 Å². The van der Waals surface area contributed by atoms with Gasteiger partial charge in [-0.05, 0) is 85.0 Å². The van der Waals surface area contributed by atoms with E-state index < -0.39 is 0 Å². The molecule has 0 heterocycles. The molecule has 1 aromatic rings. The van der Waals surface area contributed by atoms with E-state index in [1.54, 1.807) is 5.57 Å². The Bertz CT molecular complexity index is 626. The summed E-state index contributed by atoms with van der Waals surface area (Å²) in [6.07, 6.45) is 10.2. The van der Waals surface area contributed by atoms with Crippen LogP contribution in [0.3, 0.4) is 0 Å². The summed E-state index contributed by atoms with van der Waals surface area (Å²) in [7, 11) is 0. The number of benzene rings is 1. The minimum atomic E-state index is 0. The van der Waals surface area contributed by atoms with Crippen LogP contribution >= 0.6 is 15.9 Å². The molecule has 0 aliphatic heterocycles. The smallest absolute Gasteiger partial charge is 0.115 e. The molecule has 0 saturated heterocycles. The van der Waals surface area contributed by atoms with Gasteiger partial charge >= 0.3 is 0 Å². The van der Waals surface area contributed by atoms with Crippen molar-refractivity contribution in [1.82, 2.24) is 0 Å². The van der Waals surface area contributed by atoms with Gasteiger partial charge in [0, 0.05) is 49.4 Å². The molecule has 0 spiro atoms. The molecule has 3 aliphatic rings. The number of alkyl halides is 1. The van der Waals surface area contributed by atoms with E-state index in [2.05, 4.69) is 35.0 Å². The van der Waals surface area contributed by atoms with Crippen molar-refractivity contribution in [3.8, 4) is 5.75 Å². The van der Waals surface area contributed by atoms with E-state index in [1.165, 1.54) is 43.2 Å². The monoisotopic (exact) mass is 587 g/mol. The van der Waals surface area contributed by atoms with Crippen molar-refractivity contribution in [2.75, 3.05) is 5.33 Å². The predicted octanol–water partition coefficient (Wildman–Crippen LogP) is 5.57. The van der Waals surface area contributed by atoms with Crippen molar-refractivity contribution >= 4 is 15.9 Å². The van der Waals surface area contributed by atoms with Gasteiger partial charge < -0.3 is 5.11 Å². The first-order valence-corrected chi connectivity index (χ1v) is 9.83. The first-order chi connectivity index (χ1) is 10.6. The third-order valence-electron chi connectivity index (χ3n) is 6.88. The zero-order chi connectivity index (χ0) is 15.3. The van der Waals surface area contributed by atoms with Gasteiger partial charge in [0.25, 0.3) is 0 Å². The summed E-state index contributed by atoms with van der Waals surface area (Å²) in [6.45, 7) is 2.53. The number of aromatic hydroxyl groups is 1. The average Bonchev–Trinajstić information content (AvgIpc) is 2.84. The minimum Gasteiger partial charge on any atom is -0.508 e. The molecule has 1 nitrogen and oxygen atoms in total. The van der Waals surface area contributed by atoms with Crippen molar-refractivity contribution in [2.45, 2.75) is 51.4 Å². The summed E-state index contributed by atoms with van der Waals surface area (Å²) < 4.78 is 0. The van der Waals surface area contributed by atoms with Crippen LogP contribution in [0.4, 0.5) is 0 Å². The number of hydrogen-bond donors (Lipinski definition) is 1. The maximum atomic E-state index is 9.76. The Labute approximate surface area is 184 Å². The molecular weight excluding hydrogens is 563 g/mol. The van der Waals surface area contributed by atoms with Crippen LogP contribution in [0, 0.1) is 61.3 Å². The second kappa shape index (κ2) is 7.13. The van der Waals surface area contributed by atoms with Crippen molar-refractivity contribution < 1.29 is 49.2 Å². The molecule has 4 atom stereocenters. The Kier molecular flexibility index (Phi) is 5.72. The standard InChI is InChI=1S/C20H25BrO.Ac/c1-20-10-8-17-16-6-4-15(22)12-13(16)2-5-18(17)19(20)7-3-14(20)9-11-21;/h4,6,9,12,17-19,22H,2-3,5,7-8,10-11H2,1H3;/b14-9+;. The van der Waals surface area contributed by atoms with Gasteiger partial charge in [-0.25, -0.2) is 0 Å². The Balaban J connectivity index is 0.00000156. The van der Waals surface area contributed by atoms with Crippen LogP contribution in [0.2, 0.25) is 0 Å². The normalized spacial score (nSPS) is 36.8. The van der Waals surface area contributed by atoms with E-state index in [-0.39, 0.29) is 44.1 Å². The van der Waals surface area contributed by atoms with E-state index in [0.29, 0.717) is 11.2 Å². The predicted molar refractivity (Wildman–Crippen MR) is 94.6 cm³/mol. The average molecular weight is 588 g/mol. The van der Waals surface area contributed by atoms with Crippen LogP contribution in [0.1, 0.15) is 56.1 Å². The maximum absolute atomic E-state index is 9.76. The third kappa shape index (κ3) is 3.02. The van der Waals surface area contributed by atoms with Crippen LogP contribution in [-0.2, 0) is 6.42 Å². The van der Waals surface area contributed by atoms with Crippen LogP contribution in [0.5, 0.6) is 5.75 Å². The second-order valence-electron chi connectivity index (χ2n) is 7.68. The van der Waals surface area contributed by atoms with Gasteiger partial charge in [-0.3, -0.25) is 0 Å². The fourth-order valence-corrected chi connectivity index (χ4v) is 6.24. The fourth-order valence-electron chi connectivity index (χ4n) is 5.85. The number of aryl methyl sites for hydroxylation is 1. The molecule has 0 aromatic heterocycles. The summed E-state index contributed by atoms with van der Waals surface area (Å²) in [5.74, 6) is 2.86. The van der Waals surface area contributed by atoms with Gasteiger partial charge in [-0.1, -0.05) is 40.6 Å². The van der Waals surface area contributed by atoms with Crippen molar-refractivity contribution in [3.63, 3.8) is 0 Å². The van der Waals surface area contributed by atoms with Gasteiger partial charge in [-0.2, -0.15) is 0 Å². The molecule has 1 radical (unpaired) electrons. The Morgan fingerprint density at radius 3 is 2.87 bits per heavy atom. The molecule has 23 heavy (non-hydrogen) atoms. The van der Waals surface area contributed by atoms with Gasteiger partial charge in [0.2, 0.25) is 0 Å². The van der Waals surface area contributed by atoms with E-state index in [0.717, 1.165) is 29.5 Å². The molecule has 3 heteroatoms. The Morgan fingerprint density at radius 1 is 1.26 bits per heavy atom. The number of phenolic OH excluding ortho intramolecular Hbond substituents is 1. The Morgan fingerprint density at radius 2 is 2.09 bits per heavy atom. The second-order valence-corrected chi connectivity index (χ2v) is 8.32. The zero-order valence-electron chi connectivity index (χ0n) is 13.9. The molecule has 1 N–H and O–H groups in total. The van der Waals surface area contributed by atoms with E-state index in [9.17, 15) is 5.11 Å². The Hall–Kier alpha value is 0.682. The van der Waals surface area contributed by atoms with Crippen molar-refractivity contribution in [2.24, 2.45) is 17.3 Å². The number of halogens is 1. The molecule has 121 valence electrons. The van der Waals surface area contributed by atoms with Crippen LogP contribution in [-0.4, -0.2) is 10.4 Å². The third-order valence-corrected chi connectivity index (χ3v) is 7.21. The molecule has 4 rings (SSSR count). The van der Waals surface area contributed by atoms with E-state index >= 15 is 0 Å². The molecule has 3 aliphatic carbocycles. The van der Waals surface area contributed by atoms with Crippen molar-refractivity contribution in [1.29, 1.82) is 0 Å². The summed E-state index contributed by atoms with van der Waals surface area (Å²) in [5, 5.41) is 10.8. The zero-order valence-corrected chi connectivity index (χ0v) is 20.2. The first-order valence-electron chi connectivity index (χ1n) is 8.71. The number of fused-ring (bicyclic) bond motifs is 5. The molecule has 0 amide bonds. The number of rotatable bonds is 1. The summed E-state index contributed by atoms with van der Waals surface area (Å²) in [5.41, 5.74) is 5.10. The van der Waals surface area contributed by atoms with Gasteiger partial charge in [0.1, 0.15) is 5.75 Å². The quantitative estimate of drug-likeness (QED) is 0.336. The van der Waals surface area contributed by atoms with Crippen LogP contribution in [0.25, 0.3) is 0 Å². The molecule has 2 fully saturated rings. The molecule has 4 unspecified atom stereocenters. The molecule has 2 saturated carbocycles. The van der Waals surface area contributed by atoms with Gasteiger partial charge in [-0.15, -0.1) is 0 Å². The number of hydrogen-bond acceptors (Lipinski definition) is 1. The first kappa shape index (κ1) is 18.5. The SMILES string of the molecule is CC12CCC3c4ccc(O)cc4CCC3C1CC/C2=C\CBr.[Ac]. The summed E-state index contributed by atoms with van der Waals surface area (Å²) >= 11 is 3.60. The number of phenols is 1. The molecule has 1 aromatic carbocycles. The van der Waals surface area contributed by atoms with E-state index in [1.807, 2.05) is 12.1 Å². The minimum absolute atomic E-state index is 0. The number of allylic oxidation sites excluding steroid dienone is 2. The molecular formula is C20H25AcBrO. The van der Waals surface area contributed by atoms with Crippen molar-refractivity contribution in [3.05, 3.63) is 41.0 Å². The maximum Gasteiger partial charge on any atom is 0.115 e. The molecule has 0 bridgehead atoms. The largest absolute Gasteiger partial charge is 0.508 e. The van der Waals surface area contributed by atoms with Crippen LogP contribution < -0.4 is 0 Å².